The molecule has 4 atom stereocenters. The van der Waals surface area contributed by atoms with Gasteiger partial charge in [-0.3, -0.25) is 0 Å². The van der Waals surface area contributed by atoms with E-state index in [0.717, 1.165) is 12.1 Å². The highest BCUT2D eigenvalue weighted by molar-refractivity contribution is 5.78. The molecule has 2 aromatic carbocycles. The van der Waals surface area contributed by atoms with Gasteiger partial charge < -0.3 is 25.6 Å². The minimum atomic E-state index is -4.38. The quantitative estimate of drug-likeness (QED) is 0.496. The fraction of sp³-hybridized carbons (Fsp3) is 0.409. The Bertz CT molecular complexity index is 872. The minimum Gasteiger partial charge on any atom is -0.468 e. The molecule has 1 saturated heterocycles. The molecular weight excluding hydrogens is 413 g/mol. The number of β-amino-alcohol motifs (C(OH)–C–C–N with tert-alkyl or cyclic N) is 1. The Labute approximate surface area is 178 Å². The highest BCUT2D eigenvalue weighted by Crippen LogP contribution is 2.31. The van der Waals surface area contributed by atoms with E-state index in [0.29, 0.717) is 36.2 Å². The second kappa shape index (κ2) is 9.78. The summed E-state index contributed by atoms with van der Waals surface area (Å²) in [6.07, 6.45) is -5.56. The van der Waals surface area contributed by atoms with Crippen molar-refractivity contribution in [2.45, 2.75) is 36.9 Å². The number of aliphatic hydroxyl groups excluding tert-OH is 2. The van der Waals surface area contributed by atoms with E-state index in [2.05, 4.69) is 10.6 Å². The van der Waals surface area contributed by atoms with Crippen molar-refractivity contribution < 1.29 is 32.9 Å². The molecule has 1 aliphatic heterocycles. The highest BCUT2D eigenvalue weighted by atomic mass is 19.4. The average molecular weight is 438 g/mol. The van der Waals surface area contributed by atoms with Gasteiger partial charge in [-0.15, -0.1) is 0 Å². The first-order chi connectivity index (χ1) is 14.7. The summed E-state index contributed by atoms with van der Waals surface area (Å²) in [5, 5.41) is 25.6. The summed E-state index contributed by atoms with van der Waals surface area (Å²) >= 11 is 0. The van der Waals surface area contributed by atoms with Crippen molar-refractivity contribution in [3.05, 3.63) is 59.7 Å². The Kier molecular flexibility index (Phi) is 7.32. The first-order valence-corrected chi connectivity index (χ1v) is 9.89. The van der Waals surface area contributed by atoms with Crippen LogP contribution >= 0.6 is 0 Å². The standard InChI is InChI=1S/C22H25F3N2O4/c1-31-21(30)19(26-11-10-17-20(29)18(28)12-27-17)15-4-2-13(3-5-15)14-6-8-16(9-7-14)22(23,24)25/h2-9,17-20,26-29H,10-12H2,1H3/t17-,18+,19?,20-/m1/s1. The molecule has 3 rings (SSSR count). The van der Waals surface area contributed by atoms with Gasteiger partial charge in [0.2, 0.25) is 0 Å². The first kappa shape index (κ1) is 23.2. The summed E-state index contributed by atoms with van der Waals surface area (Å²) < 4.78 is 43.1. The predicted molar refractivity (Wildman–Crippen MR) is 108 cm³/mol. The van der Waals surface area contributed by atoms with Crippen molar-refractivity contribution in [2.75, 3.05) is 20.2 Å². The molecule has 1 unspecified atom stereocenters. The van der Waals surface area contributed by atoms with Gasteiger partial charge in [-0.05, 0) is 41.8 Å². The third-order valence-electron chi connectivity index (χ3n) is 5.43. The molecule has 0 saturated carbocycles. The maximum atomic E-state index is 12.7. The molecule has 1 heterocycles. The second-order valence-electron chi connectivity index (χ2n) is 7.47. The van der Waals surface area contributed by atoms with Crippen LogP contribution in [-0.4, -0.2) is 54.6 Å². The molecule has 6 nitrogen and oxygen atoms in total. The number of benzene rings is 2. The van der Waals surface area contributed by atoms with Crippen LogP contribution in [0.3, 0.4) is 0 Å². The lowest BCUT2D eigenvalue weighted by molar-refractivity contribution is -0.143. The van der Waals surface area contributed by atoms with Crippen LogP contribution in [0.4, 0.5) is 13.2 Å². The second-order valence-corrected chi connectivity index (χ2v) is 7.47. The zero-order valence-electron chi connectivity index (χ0n) is 16.9. The fourth-order valence-corrected chi connectivity index (χ4v) is 3.61. The average Bonchev–Trinajstić information content (AvgIpc) is 3.08. The largest absolute Gasteiger partial charge is 0.468 e. The summed E-state index contributed by atoms with van der Waals surface area (Å²) in [6.45, 7) is 0.708. The molecule has 168 valence electrons. The number of rotatable bonds is 7. The van der Waals surface area contributed by atoms with Crippen LogP contribution in [0.25, 0.3) is 11.1 Å². The number of carbonyl (C=O) groups excluding carboxylic acids is 1. The van der Waals surface area contributed by atoms with Crippen LogP contribution in [-0.2, 0) is 15.7 Å². The number of methoxy groups -OCH3 is 1. The van der Waals surface area contributed by atoms with Crippen molar-refractivity contribution >= 4 is 5.97 Å². The molecule has 2 aromatic rings. The number of aliphatic hydroxyl groups is 2. The van der Waals surface area contributed by atoms with Gasteiger partial charge in [0.25, 0.3) is 0 Å². The molecule has 0 aromatic heterocycles. The molecule has 0 amide bonds. The SMILES string of the molecule is COC(=O)C(NCC[C@H]1NC[C@H](O)[C@@H]1O)c1ccc(-c2ccc(C(F)(F)F)cc2)cc1. The van der Waals surface area contributed by atoms with Crippen molar-refractivity contribution in [3.63, 3.8) is 0 Å². The van der Waals surface area contributed by atoms with E-state index in [4.69, 9.17) is 4.74 Å². The predicted octanol–water partition coefficient (Wildman–Crippen LogP) is 2.26. The molecule has 4 N–H and O–H groups in total. The van der Waals surface area contributed by atoms with Gasteiger partial charge in [-0.2, -0.15) is 13.2 Å². The molecule has 0 spiro atoms. The summed E-state index contributed by atoms with van der Waals surface area (Å²) in [5.41, 5.74) is 1.27. The molecule has 0 radical (unpaired) electrons. The van der Waals surface area contributed by atoms with Gasteiger partial charge in [0.05, 0.1) is 24.9 Å². The smallest absolute Gasteiger partial charge is 0.416 e. The molecule has 9 heteroatoms. The number of halogens is 3. The van der Waals surface area contributed by atoms with E-state index in [-0.39, 0.29) is 6.04 Å². The van der Waals surface area contributed by atoms with E-state index in [1.54, 1.807) is 24.3 Å². The summed E-state index contributed by atoms with van der Waals surface area (Å²) in [4.78, 5) is 12.2. The molecule has 0 bridgehead atoms. The van der Waals surface area contributed by atoms with Crippen LogP contribution in [0, 0.1) is 0 Å². The molecule has 31 heavy (non-hydrogen) atoms. The maximum absolute atomic E-state index is 12.7. The Balaban J connectivity index is 1.67. The van der Waals surface area contributed by atoms with Crippen molar-refractivity contribution in [2.24, 2.45) is 0 Å². The minimum absolute atomic E-state index is 0.275. The normalized spacial score (nSPS) is 22.3. The Morgan fingerprint density at radius 1 is 1.13 bits per heavy atom. The van der Waals surface area contributed by atoms with E-state index in [9.17, 15) is 28.2 Å². The van der Waals surface area contributed by atoms with E-state index < -0.39 is 36.0 Å². The number of carbonyl (C=O) groups is 1. The molecule has 1 aliphatic rings. The number of ether oxygens (including phenoxy) is 1. The molecule has 0 aliphatic carbocycles. The topological polar surface area (TPSA) is 90.8 Å². The molecular formula is C22H25F3N2O4. The first-order valence-electron chi connectivity index (χ1n) is 9.89. The van der Waals surface area contributed by atoms with Crippen LogP contribution in [0.2, 0.25) is 0 Å². The van der Waals surface area contributed by atoms with Gasteiger partial charge in [-0.1, -0.05) is 36.4 Å². The number of nitrogens with one attached hydrogen (secondary N) is 2. The van der Waals surface area contributed by atoms with Gasteiger partial charge in [-0.25, -0.2) is 4.79 Å². The number of alkyl halides is 3. The van der Waals surface area contributed by atoms with E-state index in [1.807, 2.05) is 0 Å². The highest BCUT2D eigenvalue weighted by Gasteiger charge is 2.33. The number of hydrogen-bond acceptors (Lipinski definition) is 6. The lowest BCUT2D eigenvalue weighted by Crippen LogP contribution is -2.38. The zero-order chi connectivity index (χ0) is 22.6. The zero-order valence-corrected chi connectivity index (χ0v) is 16.9. The van der Waals surface area contributed by atoms with Crippen molar-refractivity contribution in [1.29, 1.82) is 0 Å². The van der Waals surface area contributed by atoms with Crippen molar-refractivity contribution in [3.8, 4) is 11.1 Å². The Morgan fingerprint density at radius 3 is 2.19 bits per heavy atom. The third-order valence-corrected chi connectivity index (χ3v) is 5.43. The maximum Gasteiger partial charge on any atom is 0.416 e. The summed E-state index contributed by atoms with van der Waals surface area (Å²) in [6, 6.07) is 10.8. The summed E-state index contributed by atoms with van der Waals surface area (Å²) in [7, 11) is 1.28. The molecule has 1 fully saturated rings. The van der Waals surface area contributed by atoms with Crippen LogP contribution in [0.5, 0.6) is 0 Å². The fourth-order valence-electron chi connectivity index (χ4n) is 3.61. The van der Waals surface area contributed by atoms with Gasteiger partial charge in [0, 0.05) is 12.6 Å². The van der Waals surface area contributed by atoms with Crippen LogP contribution in [0.15, 0.2) is 48.5 Å². The Morgan fingerprint density at radius 2 is 1.71 bits per heavy atom. The van der Waals surface area contributed by atoms with Crippen LogP contribution < -0.4 is 10.6 Å². The van der Waals surface area contributed by atoms with Crippen molar-refractivity contribution in [1.82, 2.24) is 10.6 Å². The lowest BCUT2D eigenvalue weighted by Gasteiger charge is -2.20. The monoisotopic (exact) mass is 438 g/mol. The number of esters is 1. The van der Waals surface area contributed by atoms with E-state index >= 15 is 0 Å². The Hall–Kier alpha value is -2.46. The van der Waals surface area contributed by atoms with E-state index in [1.165, 1.54) is 19.2 Å². The lowest BCUT2D eigenvalue weighted by atomic mass is 9.99. The van der Waals surface area contributed by atoms with Gasteiger partial charge in [0.1, 0.15) is 6.04 Å². The number of hydrogen-bond donors (Lipinski definition) is 4. The van der Waals surface area contributed by atoms with Crippen LogP contribution in [0.1, 0.15) is 23.6 Å². The summed E-state index contributed by atoms with van der Waals surface area (Å²) in [5.74, 6) is -0.484. The van der Waals surface area contributed by atoms with Gasteiger partial charge >= 0.3 is 12.1 Å². The van der Waals surface area contributed by atoms with Gasteiger partial charge in [0.15, 0.2) is 0 Å². The third kappa shape index (κ3) is 5.62.